The van der Waals surface area contributed by atoms with E-state index in [1.807, 2.05) is 45.2 Å². The second-order valence-electron chi connectivity index (χ2n) is 11.1. The van der Waals surface area contributed by atoms with E-state index in [1.165, 1.54) is 0 Å². The molecule has 8 nitrogen and oxygen atoms in total. The lowest BCUT2D eigenvalue weighted by atomic mass is 9.98. The minimum atomic E-state index is -0.208. The summed E-state index contributed by atoms with van der Waals surface area (Å²) >= 11 is 0. The number of H-pyrrole nitrogens is 1. The zero-order valence-electron chi connectivity index (χ0n) is 25.1. The SMILES string of the molecule is CCN(C)CCN(C)c1ccc(-c2cc(C(=O)NCc3c(C)cc(C)[nH]c3=O)c3c(C)cn(C(C)C)c3c2)cn1. The maximum absolute atomic E-state index is 13.7. The van der Waals surface area contributed by atoms with Gasteiger partial charge in [-0.25, -0.2) is 4.98 Å². The van der Waals surface area contributed by atoms with Gasteiger partial charge in [0.15, 0.2) is 0 Å². The second-order valence-corrected chi connectivity index (χ2v) is 11.1. The Balaban J connectivity index is 1.70. The van der Waals surface area contributed by atoms with Crippen molar-refractivity contribution in [2.75, 3.05) is 38.6 Å². The number of nitrogens with zero attached hydrogens (tertiary/aromatic N) is 4. The van der Waals surface area contributed by atoms with E-state index in [9.17, 15) is 9.59 Å². The molecule has 8 heteroatoms. The van der Waals surface area contributed by atoms with Gasteiger partial charge < -0.3 is 24.7 Å². The molecule has 4 rings (SSSR count). The highest BCUT2D eigenvalue weighted by Crippen LogP contribution is 2.33. The minimum absolute atomic E-state index is 0.158. The lowest BCUT2D eigenvalue weighted by molar-refractivity contribution is 0.0952. The number of amides is 1. The Morgan fingerprint density at radius 3 is 2.42 bits per heavy atom. The van der Waals surface area contributed by atoms with Crippen LogP contribution in [0.2, 0.25) is 0 Å². The van der Waals surface area contributed by atoms with E-state index in [0.717, 1.165) is 64.3 Å². The van der Waals surface area contributed by atoms with E-state index in [2.05, 4.69) is 77.9 Å². The van der Waals surface area contributed by atoms with E-state index >= 15 is 0 Å². The van der Waals surface area contributed by atoms with Crippen LogP contribution in [0.5, 0.6) is 0 Å². The number of benzene rings is 1. The van der Waals surface area contributed by atoms with E-state index in [4.69, 9.17) is 4.98 Å². The molecule has 0 aliphatic carbocycles. The van der Waals surface area contributed by atoms with Crippen LogP contribution in [0.15, 0.2) is 47.5 Å². The topological polar surface area (TPSA) is 86.3 Å². The summed E-state index contributed by atoms with van der Waals surface area (Å²) in [6.07, 6.45) is 3.98. The van der Waals surface area contributed by atoms with Crippen LogP contribution in [-0.2, 0) is 6.54 Å². The van der Waals surface area contributed by atoms with Crippen LogP contribution >= 0.6 is 0 Å². The molecule has 0 saturated carbocycles. The van der Waals surface area contributed by atoms with Crippen molar-refractivity contribution in [1.82, 2.24) is 24.8 Å². The van der Waals surface area contributed by atoms with Gasteiger partial charge in [0.25, 0.3) is 11.5 Å². The Morgan fingerprint density at radius 1 is 1.05 bits per heavy atom. The number of aromatic amines is 1. The quantitative estimate of drug-likeness (QED) is 0.287. The van der Waals surface area contributed by atoms with E-state index in [1.54, 1.807) is 0 Å². The van der Waals surface area contributed by atoms with E-state index in [-0.39, 0.29) is 24.1 Å². The Labute approximate surface area is 237 Å². The molecule has 0 atom stereocenters. The highest BCUT2D eigenvalue weighted by Gasteiger charge is 2.20. The number of hydrogen-bond donors (Lipinski definition) is 2. The average Bonchev–Trinajstić information content (AvgIpc) is 3.26. The molecule has 0 unspecified atom stereocenters. The third-order valence-electron chi connectivity index (χ3n) is 7.67. The van der Waals surface area contributed by atoms with Gasteiger partial charge in [-0.15, -0.1) is 0 Å². The second kappa shape index (κ2) is 12.1. The van der Waals surface area contributed by atoms with Crippen molar-refractivity contribution in [2.45, 2.75) is 54.1 Å². The first kappa shape index (κ1) is 29.1. The number of nitrogens with one attached hydrogen (secondary N) is 2. The normalized spacial score (nSPS) is 11.6. The van der Waals surface area contributed by atoms with Gasteiger partial charge in [-0.2, -0.15) is 0 Å². The Morgan fingerprint density at radius 2 is 1.80 bits per heavy atom. The fourth-order valence-corrected chi connectivity index (χ4v) is 5.10. The van der Waals surface area contributed by atoms with Gasteiger partial charge in [-0.05, 0) is 95.2 Å². The summed E-state index contributed by atoms with van der Waals surface area (Å²) in [6, 6.07) is 10.3. The Kier molecular flexibility index (Phi) is 8.79. The molecule has 0 aliphatic rings. The molecular weight excluding hydrogens is 500 g/mol. The minimum Gasteiger partial charge on any atom is -0.358 e. The fourth-order valence-electron chi connectivity index (χ4n) is 5.10. The number of pyridine rings is 2. The Hall–Kier alpha value is -3.91. The summed E-state index contributed by atoms with van der Waals surface area (Å²) < 4.78 is 2.21. The highest BCUT2D eigenvalue weighted by atomic mass is 16.1. The molecular formula is C32H42N6O2. The first-order valence-electron chi connectivity index (χ1n) is 14.0. The summed E-state index contributed by atoms with van der Waals surface area (Å²) in [5.41, 5.74) is 6.56. The van der Waals surface area contributed by atoms with E-state index in [0.29, 0.717) is 11.1 Å². The summed E-state index contributed by atoms with van der Waals surface area (Å²) in [4.78, 5) is 38.2. The highest BCUT2D eigenvalue weighted by molar-refractivity contribution is 6.09. The largest absolute Gasteiger partial charge is 0.358 e. The van der Waals surface area contributed by atoms with E-state index < -0.39 is 0 Å². The number of carbonyl (C=O) groups excluding carboxylic acids is 1. The number of hydrogen-bond acceptors (Lipinski definition) is 5. The van der Waals surface area contributed by atoms with Gasteiger partial charge in [0.1, 0.15) is 5.82 Å². The van der Waals surface area contributed by atoms with Crippen LogP contribution in [0, 0.1) is 20.8 Å². The fraction of sp³-hybridized carbons (Fsp3) is 0.406. The molecule has 0 fully saturated rings. The lowest BCUT2D eigenvalue weighted by Crippen LogP contribution is -2.30. The molecule has 2 N–H and O–H groups in total. The summed E-state index contributed by atoms with van der Waals surface area (Å²) in [5.74, 6) is 0.701. The van der Waals surface area contributed by atoms with Crippen molar-refractivity contribution in [3.05, 3.63) is 81.0 Å². The smallest absolute Gasteiger partial charge is 0.253 e. The third-order valence-corrected chi connectivity index (χ3v) is 7.67. The molecule has 1 aromatic carbocycles. The zero-order valence-corrected chi connectivity index (χ0v) is 25.1. The average molecular weight is 543 g/mol. The summed E-state index contributed by atoms with van der Waals surface area (Å²) in [7, 11) is 4.17. The van der Waals surface area contributed by atoms with Crippen LogP contribution in [-0.4, -0.2) is 59.1 Å². The zero-order chi connectivity index (χ0) is 29.1. The number of aryl methyl sites for hydroxylation is 3. The molecule has 0 bridgehead atoms. The molecule has 0 saturated heterocycles. The third kappa shape index (κ3) is 6.12. The molecule has 40 heavy (non-hydrogen) atoms. The first-order chi connectivity index (χ1) is 19.0. The van der Waals surface area contributed by atoms with Gasteiger partial charge in [-0.3, -0.25) is 9.59 Å². The number of aromatic nitrogens is 3. The molecule has 0 aliphatic heterocycles. The van der Waals surface area contributed by atoms with Crippen molar-refractivity contribution >= 4 is 22.6 Å². The van der Waals surface area contributed by atoms with Crippen LogP contribution in [0.3, 0.4) is 0 Å². The number of likely N-dealkylation sites (N-methyl/N-ethyl adjacent to an activating group) is 2. The monoisotopic (exact) mass is 542 g/mol. The molecule has 4 aromatic rings. The molecule has 1 amide bonds. The van der Waals surface area contributed by atoms with Crippen molar-refractivity contribution in [3.63, 3.8) is 0 Å². The molecule has 3 heterocycles. The van der Waals surface area contributed by atoms with Gasteiger partial charge in [0.2, 0.25) is 0 Å². The van der Waals surface area contributed by atoms with Crippen molar-refractivity contribution in [1.29, 1.82) is 0 Å². The lowest BCUT2D eigenvalue weighted by Gasteiger charge is -2.22. The van der Waals surface area contributed by atoms with Gasteiger partial charge in [0, 0.05) is 78.4 Å². The van der Waals surface area contributed by atoms with Crippen molar-refractivity contribution < 1.29 is 4.79 Å². The standard InChI is InChI=1S/C32H42N6O2/c1-9-36(7)12-13-37(8)29-11-10-24(17-33-29)25-15-26(30-22(5)19-38(20(2)3)28(30)16-25)31(39)34-18-27-21(4)14-23(6)35-32(27)40/h10-11,14-17,19-20H,9,12-13,18H2,1-8H3,(H,34,39)(H,35,40). The summed E-state index contributed by atoms with van der Waals surface area (Å²) in [6.45, 7) is 15.2. The molecule has 0 spiro atoms. The summed E-state index contributed by atoms with van der Waals surface area (Å²) in [5, 5.41) is 3.94. The van der Waals surface area contributed by atoms with Gasteiger partial charge in [0.05, 0.1) is 0 Å². The number of fused-ring (bicyclic) bond motifs is 1. The maximum Gasteiger partial charge on any atom is 0.253 e. The first-order valence-corrected chi connectivity index (χ1v) is 14.0. The number of carbonyl (C=O) groups is 1. The van der Waals surface area contributed by atoms with Gasteiger partial charge >= 0.3 is 0 Å². The van der Waals surface area contributed by atoms with Crippen LogP contribution in [0.1, 0.15) is 59.6 Å². The molecule has 212 valence electrons. The Bertz CT molecular complexity index is 1570. The van der Waals surface area contributed by atoms with Crippen LogP contribution < -0.4 is 15.8 Å². The molecule has 3 aromatic heterocycles. The van der Waals surface area contributed by atoms with Gasteiger partial charge in [-0.1, -0.05) is 6.92 Å². The van der Waals surface area contributed by atoms with Crippen LogP contribution in [0.25, 0.3) is 22.0 Å². The van der Waals surface area contributed by atoms with Crippen LogP contribution in [0.4, 0.5) is 5.82 Å². The number of rotatable bonds is 10. The number of anilines is 1. The van der Waals surface area contributed by atoms with Crippen molar-refractivity contribution in [3.8, 4) is 11.1 Å². The van der Waals surface area contributed by atoms with Crippen molar-refractivity contribution in [2.24, 2.45) is 0 Å². The predicted molar refractivity (Wildman–Crippen MR) is 164 cm³/mol. The molecule has 0 radical (unpaired) electrons. The predicted octanol–water partition coefficient (Wildman–Crippen LogP) is 5.22. The maximum atomic E-state index is 13.7.